The normalized spacial score (nSPS) is 37.2. The molecule has 1 unspecified atom stereocenters. The van der Waals surface area contributed by atoms with Crippen LogP contribution >= 0.6 is 0 Å². The van der Waals surface area contributed by atoms with Crippen LogP contribution in [0.4, 0.5) is 0 Å². The topological polar surface area (TPSA) is 20.2 Å². The van der Waals surface area contributed by atoms with Gasteiger partial charge in [-0.25, -0.2) is 0 Å². The van der Waals surface area contributed by atoms with E-state index in [-0.39, 0.29) is 13.5 Å². The zero-order valence-corrected chi connectivity index (χ0v) is 22.1. The van der Waals surface area contributed by atoms with Crippen LogP contribution in [0.25, 0.3) is 0 Å². The van der Waals surface area contributed by atoms with E-state index in [0.29, 0.717) is 11.3 Å². The molecule has 6 atom stereocenters. The first kappa shape index (κ1) is 29.5. The number of hydrogen-bond donors (Lipinski definition) is 1. The molecule has 32 heavy (non-hydrogen) atoms. The number of fused-ring (bicyclic) bond motifs is 3. The molecule has 0 heterocycles. The number of allylic oxidation sites excluding steroid dienone is 4. The lowest BCUT2D eigenvalue weighted by Gasteiger charge is -2.47. The van der Waals surface area contributed by atoms with Crippen LogP contribution in [-0.4, -0.2) is 11.2 Å². The summed E-state index contributed by atoms with van der Waals surface area (Å²) in [5, 5.41) is 10.2. The number of hydrogen-bond acceptors (Lipinski definition) is 1. The van der Waals surface area contributed by atoms with Crippen molar-refractivity contribution in [1.82, 2.24) is 0 Å². The smallest absolute Gasteiger partial charge is 0.0540 e. The molecule has 188 valence electrons. The molecule has 0 bridgehead atoms. The third-order valence-electron chi connectivity index (χ3n) is 9.25. The summed E-state index contributed by atoms with van der Waals surface area (Å²) in [6, 6.07) is 0. The summed E-state index contributed by atoms with van der Waals surface area (Å²) in [5.41, 5.74) is 4.04. The monoisotopic (exact) mass is 446 g/mol. The fraction of sp³-hybridized carbons (Fsp3) is 0.871. The van der Waals surface area contributed by atoms with Crippen LogP contribution in [-0.2, 0) is 0 Å². The summed E-state index contributed by atoms with van der Waals surface area (Å²) in [6.45, 7) is 16.0. The number of aliphatic hydroxyl groups is 1. The second-order valence-corrected chi connectivity index (χ2v) is 11.2. The van der Waals surface area contributed by atoms with E-state index in [9.17, 15) is 5.11 Å². The number of rotatable bonds is 5. The molecule has 1 N–H and O–H groups in total. The Hall–Kier alpha value is -0.560. The standard InChI is InChI=1S/C28H48O.C2H6.CH4/c1-6-22(20(2)3)10-9-11-23-15-17-27-26-13-8-7-12-24(29)16-14-21(4)25(26)18-19-28(23,27)5;1-2;/h6,13,20-21,23-25,27,29H,7-12,14-19H2,1-5H3;1-2H3;1H4/b22-6-,26-13+;;/t21-,23-,24+,25?,27-,28+;;/m0../s1. The molecule has 0 spiro atoms. The zero-order chi connectivity index (χ0) is 23.0. The van der Waals surface area contributed by atoms with Crippen molar-refractivity contribution in [3.8, 4) is 0 Å². The Morgan fingerprint density at radius 1 is 1.12 bits per heavy atom. The van der Waals surface area contributed by atoms with Crippen LogP contribution in [0.3, 0.4) is 0 Å². The molecule has 2 fully saturated rings. The quantitative estimate of drug-likeness (QED) is 0.416. The molecule has 1 heteroatoms. The third-order valence-corrected chi connectivity index (χ3v) is 9.25. The Morgan fingerprint density at radius 3 is 2.50 bits per heavy atom. The van der Waals surface area contributed by atoms with E-state index >= 15 is 0 Å². The second-order valence-electron chi connectivity index (χ2n) is 11.2. The molecule has 0 radical (unpaired) electrons. The molecule has 0 saturated heterocycles. The summed E-state index contributed by atoms with van der Waals surface area (Å²) >= 11 is 0. The molecular formula is C31H58O. The molecule has 0 aromatic rings. The predicted octanol–water partition coefficient (Wildman–Crippen LogP) is 9.75. The summed E-state index contributed by atoms with van der Waals surface area (Å²) in [7, 11) is 0. The Bertz CT molecular complexity index is 585. The fourth-order valence-corrected chi connectivity index (χ4v) is 7.25. The molecule has 3 rings (SSSR count). The van der Waals surface area contributed by atoms with Gasteiger partial charge in [-0.1, -0.05) is 72.3 Å². The largest absolute Gasteiger partial charge is 0.393 e. The lowest BCUT2D eigenvalue weighted by atomic mass is 9.57. The summed E-state index contributed by atoms with van der Waals surface area (Å²) in [4.78, 5) is 0. The van der Waals surface area contributed by atoms with Gasteiger partial charge in [-0.2, -0.15) is 0 Å². The SMILES string of the molecule is C.C/C=C(/CCC[C@H]1CC[C@H]2/C3=C/CCC[C@@H](O)CC[C@H](C)C3CC[C@]12C)C(C)C.CC. The van der Waals surface area contributed by atoms with Crippen molar-refractivity contribution < 1.29 is 5.11 Å². The van der Waals surface area contributed by atoms with Gasteiger partial charge in [0.05, 0.1) is 6.10 Å². The highest BCUT2D eigenvalue weighted by atomic mass is 16.3. The molecule has 0 aliphatic heterocycles. The molecular weight excluding hydrogens is 388 g/mol. The van der Waals surface area contributed by atoms with Gasteiger partial charge in [-0.05, 0) is 119 Å². The van der Waals surface area contributed by atoms with Gasteiger partial charge in [0, 0.05) is 0 Å². The Balaban J connectivity index is 0.00000166. The van der Waals surface area contributed by atoms with E-state index in [4.69, 9.17) is 0 Å². The van der Waals surface area contributed by atoms with Crippen molar-refractivity contribution >= 4 is 0 Å². The predicted molar refractivity (Wildman–Crippen MR) is 144 cm³/mol. The van der Waals surface area contributed by atoms with Crippen LogP contribution in [0.5, 0.6) is 0 Å². The van der Waals surface area contributed by atoms with Crippen molar-refractivity contribution in [1.29, 1.82) is 0 Å². The van der Waals surface area contributed by atoms with Crippen LogP contribution in [0, 0.1) is 35.0 Å². The first-order valence-electron chi connectivity index (χ1n) is 13.9. The average molecular weight is 447 g/mol. The third kappa shape index (κ3) is 6.97. The van der Waals surface area contributed by atoms with Gasteiger partial charge in [0.1, 0.15) is 0 Å². The highest BCUT2D eigenvalue weighted by Crippen LogP contribution is 2.61. The minimum atomic E-state index is -0.0648. The highest BCUT2D eigenvalue weighted by molar-refractivity contribution is 5.22. The van der Waals surface area contributed by atoms with Gasteiger partial charge in [0.15, 0.2) is 0 Å². The molecule has 0 amide bonds. The summed E-state index contributed by atoms with van der Waals surface area (Å²) in [6.07, 6.45) is 20.3. The Kier molecular flexibility index (Phi) is 12.9. The molecule has 3 aliphatic rings. The van der Waals surface area contributed by atoms with Gasteiger partial charge < -0.3 is 5.11 Å². The molecule has 2 saturated carbocycles. The minimum Gasteiger partial charge on any atom is -0.393 e. The van der Waals surface area contributed by atoms with E-state index in [1.807, 2.05) is 19.4 Å². The van der Waals surface area contributed by atoms with E-state index in [1.54, 1.807) is 5.57 Å². The summed E-state index contributed by atoms with van der Waals surface area (Å²) < 4.78 is 0. The van der Waals surface area contributed by atoms with Gasteiger partial charge >= 0.3 is 0 Å². The molecule has 0 aromatic carbocycles. The van der Waals surface area contributed by atoms with Crippen molar-refractivity contribution in [3.63, 3.8) is 0 Å². The van der Waals surface area contributed by atoms with Crippen molar-refractivity contribution in [2.45, 2.75) is 139 Å². The molecule has 3 aliphatic carbocycles. The highest BCUT2D eigenvalue weighted by Gasteiger charge is 2.51. The van der Waals surface area contributed by atoms with E-state index in [0.717, 1.165) is 36.5 Å². The van der Waals surface area contributed by atoms with E-state index in [2.05, 4.69) is 46.8 Å². The molecule has 0 aromatic heterocycles. The van der Waals surface area contributed by atoms with Crippen molar-refractivity contribution in [2.24, 2.45) is 35.0 Å². The van der Waals surface area contributed by atoms with Crippen LogP contribution in [0.2, 0.25) is 0 Å². The maximum atomic E-state index is 10.2. The van der Waals surface area contributed by atoms with Crippen LogP contribution in [0.1, 0.15) is 133 Å². The average Bonchev–Trinajstić information content (AvgIpc) is 3.09. The zero-order valence-electron chi connectivity index (χ0n) is 22.1. The Morgan fingerprint density at radius 2 is 1.84 bits per heavy atom. The maximum absolute atomic E-state index is 10.2. The van der Waals surface area contributed by atoms with Gasteiger partial charge in [0.2, 0.25) is 0 Å². The van der Waals surface area contributed by atoms with Crippen LogP contribution < -0.4 is 0 Å². The van der Waals surface area contributed by atoms with Crippen LogP contribution in [0.15, 0.2) is 23.3 Å². The van der Waals surface area contributed by atoms with Gasteiger partial charge in [-0.3, -0.25) is 0 Å². The fourth-order valence-electron chi connectivity index (χ4n) is 7.25. The van der Waals surface area contributed by atoms with Crippen molar-refractivity contribution in [2.75, 3.05) is 0 Å². The first-order chi connectivity index (χ1) is 14.9. The van der Waals surface area contributed by atoms with Crippen molar-refractivity contribution in [3.05, 3.63) is 23.3 Å². The lowest BCUT2D eigenvalue weighted by Crippen LogP contribution is -2.38. The molecule has 1 nitrogen and oxygen atoms in total. The second kappa shape index (κ2) is 14.0. The summed E-state index contributed by atoms with van der Waals surface area (Å²) in [5.74, 6) is 3.99. The maximum Gasteiger partial charge on any atom is 0.0540 e. The number of aliphatic hydroxyl groups excluding tert-OH is 1. The first-order valence-corrected chi connectivity index (χ1v) is 13.9. The van der Waals surface area contributed by atoms with E-state index < -0.39 is 0 Å². The van der Waals surface area contributed by atoms with E-state index in [1.165, 1.54) is 64.2 Å². The minimum absolute atomic E-state index is 0. The lowest BCUT2D eigenvalue weighted by molar-refractivity contribution is 0.0853. The van der Waals surface area contributed by atoms with Gasteiger partial charge in [-0.15, -0.1) is 0 Å². The Labute approximate surface area is 202 Å². The van der Waals surface area contributed by atoms with Gasteiger partial charge in [0.25, 0.3) is 0 Å².